The van der Waals surface area contributed by atoms with Gasteiger partial charge < -0.3 is 9.64 Å². The van der Waals surface area contributed by atoms with Gasteiger partial charge in [0, 0.05) is 18.2 Å². The van der Waals surface area contributed by atoms with Crippen molar-refractivity contribution in [1.29, 1.82) is 0 Å². The third kappa shape index (κ3) is 3.51. The number of nitrogens with zero attached hydrogens (tertiary/aromatic N) is 3. The molecule has 3 amide bonds. The zero-order chi connectivity index (χ0) is 22.1. The second-order valence-electron chi connectivity index (χ2n) is 8.76. The van der Waals surface area contributed by atoms with Gasteiger partial charge in [0.1, 0.15) is 17.1 Å². The van der Waals surface area contributed by atoms with Gasteiger partial charge >= 0.3 is 6.03 Å². The quantitative estimate of drug-likeness (QED) is 0.798. The lowest BCUT2D eigenvalue weighted by Crippen LogP contribution is -2.53. The zero-order valence-electron chi connectivity index (χ0n) is 18.3. The fraction of sp³-hybridized carbons (Fsp3) is 0.400. The molecule has 2 saturated heterocycles. The molecule has 1 spiro atoms. The molecule has 2 heterocycles. The first-order chi connectivity index (χ1) is 15.6. The van der Waals surface area contributed by atoms with Crippen molar-refractivity contribution in [2.45, 2.75) is 43.7 Å². The van der Waals surface area contributed by atoms with E-state index in [2.05, 4.69) is 5.32 Å². The van der Waals surface area contributed by atoms with Crippen molar-refractivity contribution >= 4 is 23.5 Å². The van der Waals surface area contributed by atoms with Crippen LogP contribution >= 0.6 is 0 Å². The van der Waals surface area contributed by atoms with Gasteiger partial charge in [-0.3, -0.25) is 20.0 Å². The van der Waals surface area contributed by atoms with Crippen molar-refractivity contribution in [1.82, 2.24) is 10.2 Å². The fourth-order valence-corrected chi connectivity index (χ4v) is 5.16. The average molecular weight is 433 g/mol. The minimum Gasteiger partial charge on any atom is -0.497 e. The van der Waals surface area contributed by atoms with Crippen LogP contribution in [0.2, 0.25) is 0 Å². The van der Waals surface area contributed by atoms with Crippen LogP contribution < -0.4 is 15.0 Å². The maximum absolute atomic E-state index is 13.3. The molecule has 1 atom stereocenters. The number of benzene rings is 2. The SMILES string of the molecule is COc1cccc(N2C(=O)NC(=NC3CCCC3)C23CCN(C(=O)c2ccccc2)C3)c1. The predicted octanol–water partition coefficient (Wildman–Crippen LogP) is 3.85. The lowest BCUT2D eigenvalue weighted by molar-refractivity contribution is 0.0788. The molecule has 0 bridgehead atoms. The van der Waals surface area contributed by atoms with Gasteiger partial charge in [0.25, 0.3) is 5.91 Å². The number of carbonyl (C=O) groups is 2. The average Bonchev–Trinajstić information content (AvgIpc) is 3.55. The Bertz CT molecular complexity index is 1050. The number of rotatable bonds is 4. The number of aliphatic imine (C=N–C) groups is 1. The predicted molar refractivity (Wildman–Crippen MR) is 123 cm³/mol. The fourth-order valence-electron chi connectivity index (χ4n) is 5.16. The summed E-state index contributed by atoms with van der Waals surface area (Å²) in [6, 6.07) is 16.8. The molecule has 1 aliphatic carbocycles. The number of urea groups is 1. The summed E-state index contributed by atoms with van der Waals surface area (Å²) >= 11 is 0. The summed E-state index contributed by atoms with van der Waals surface area (Å²) in [5, 5.41) is 3.06. The summed E-state index contributed by atoms with van der Waals surface area (Å²) in [6.07, 6.45) is 5.05. The van der Waals surface area contributed by atoms with E-state index < -0.39 is 5.54 Å². The maximum Gasteiger partial charge on any atom is 0.328 e. The molecule has 0 aromatic heterocycles. The van der Waals surface area contributed by atoms with Crippen LogP contribution in [0.1, 0.15) is 42.5 Å². The minimum absolute atomic E-state index is 0.0207. The molecule has 5 rings (SSSR count). The molecule has 2 aromatic carbocycles. The number of nitrogens with one attached hydrogen (secondary N) is 1. The van der Waals surface area contributed by atoms with Crippen LogP contribution in [0.25, 0.3) is 0 Å². The summed E-state index contributed by atoms with van der Waals surface area (Å²) in [4.78, 5) is 35.1. The Kier molecular flexibility index (Phi) is 5.33. The monoisotopic (exact) mass is 432 g/mol. The second kappa shape index (κ2) is 8.30. The first-order valence-electron chi connectivity index (χ1n) is 11.3. The van der Waals surface area contributed by atoms with E-state index in [1.165, 1.54) is 12.8 Å². The summed E-state index contributed by atoms with van der Waals surface area (Å²) in [6.45, 7) is 0.967. The van der Waals surface area contributed by atoms with E-state index in [0.29, 0.717) is 36.7 Å². The number of amides is 3. The largest absolute Gasteiger partial charge is 0.497 e. The van der Waals surface area contributed by atoms with Crippen LogP contribution in [0.15, 0.2) is 59.6 Å². The molecule has 3 fully saturated rings. The Hall–Kier alpha value is -3.35. The van der Waals surface area contributed by atoms with Crippen molar-refractivity contribution in [3.63, 3.8) is 0 Å². The highest BCUT2D eigenvalue weighted by Crippen LogP contribution is 2.39. The van der Waals surface area contributed by atoms with E-state index >= 15 is 0 Å². The van der Waals surface area contributed by atoms with Gasteiger partial charge in [0.15, 0.2) is 0 Å². The van der Waals surface area contributed by atoms with E-state index in [1.54, 1.807) is 12.0 Å². The number of hydrogen-bond donors (Lipinski definition) is 1. The molecule has 32 heavy (non-hydrogen) atoms. The van der Waals surface area contributed by atoms with Crippen molar-refractivity contribution < 1.29 is 14.3 Å². The highest BCUT2D eigenvalue weighted by atomic mass is 16.5. The molecule has 1 saturated carbocycles. The number of carbonyl (C=O) groups excluding carboxylic acids is 2. The zero-order valence-corrected chi connectivity index (χ0v) is 18.3. The first kappa shape index (κ1) is 20.5. The Balaban J connectivity index is 1.53. The van der Waals surface area contributed by atoms with E-state index in [0.717, 1.165) is 18.5 Å². The Morgan fingerprint density at radius 1 is 1.12 bits per heavy atom. The van der Waals surface area contributed by atoms with Crippen molar-refractivity contribution in [3.8, 4) is 5.75 Å². The van der Waals surface area contributed by atoms with Crippen LogP contribution in [0.3, 0.4) is 0 Å². The molecular formula is C25H28N4O3. The Labute approximate surface area is 188 Å². The third-order valence-electron chi connectivity index (χ3n) is 6.80. The number of anilines is 1. The maximum atomic E-state index is 13.3. The Morgan fingerprint density at radius 2 is 1.91 bits per heavy atom. The highest BCUT2D eigenvalue weighted by molar-refractivity contribution is 6.19. The summed E-state index contributed by atoms with van der Waals surface area (Å²) < 4.78 is 5.40. The smallest absolute Gasteiger partial charge is 0.328 e. The van der Waals surface area contributed by atoms with E-state index in [9.17, 15) is 9.59 Å². The van der Waals surface area contributed by atoms with Gasteiger partial charge in [0.05, 0.1) is 25.4 Å². The van der Waals surface area contributed by atoms with Gasteiger partial charge in [-0.1, -0.05) is 37.1 Å². The Morgan fingerprint density at radius 3 is 2.66 bits per heavy atom. The minimum atomic E-state index is -0.698. The second-order valence-corrected chi connectivity index (χ2v) is 8.76. The molecular weight excluding hydrogens is 404 g/mol. The lowest BCUT2D eigenvalue weighted by atomic mass is 9.95. The summed E-state index contributed by atoms with van der Waals surface area (Å²) in [5.74, 6) is 1.36. The number of methoxy groups -OCH3 is 1. The summed E-state index contributed by atoms with van der Waals surface area (Å²) in [7, 11) is 1.61. The molecule has 1 unspecified atom stereocenters. The van der Waals surface area contributed by atoms with Crippen LogP contribution in [-0.2, 0) is 0 Å². The number of likely N-dealkylation sites (tertiary alicyclic amines) is 1. The number of amidine groups is 1. The molecule has 7 nitrogen and oxygen atoms in total. The molecule has 7 heteroatoms. The van der Waals surface area contributed by atoms with Crippen LogP contribution in [-0.4, -0.2) is 54.5 Å². The van der Waals surface area contributed by atoms with Crippen LogP contribution in [0.4, 0.5) is 10.5 Å². The van der Waals surface area contributed by atoms with E-state index in [1.807, 2.05) is 59.5 Å². The van der Waals surface area contributed by atoms with Gasteiger partial charge in [-0.2, -0.15) is 0 Å². The van der Waals surface area contributed by atoms with Gasteiger partial charge in [-0.05, 0) is 43.5 Å². The number of hydrogen-bond acceptors (Lipinski definition) is 4. The lowest BCUT2D eigenvalue weighted by Gasteiger charge is -2.33. The molecule has 0 radical (unpaired) electrons. The highest BCUT2D eigenvalue weighted by Gasteiger charge is 2.56. The van der Waals surface area contributed by atoms with Crippen LogP contribution in [0, 0.1) is 0 Å². The van der Waals surface area contributed by atoms with Crippen molar-refractivity contribution in [2.75, 3.05) is 25.1 Å². The standard InChI is InChI=1S/C25H28N4O3/c1-32-21-13-7-12-20(16-21)29-24(31)27-23(26-19-10-5-6-11-19)25(29)14-15-28(17-25)22(30)18-8-3-2-4-9-18/h2-4,7-9,12-13,16,19H,5-6,10-11,14-15,17H2,1H3,(H,26,27,31). The molecule has 166 valence electrons. The van der Waals surface area contributed by atoms with Crippen LogP contribution in [0.5, 0.6) is 5.75 Å². The molecule has 3 aliphatic rings. The topological polar surface area (TPSA) is 74.2 Å². The molecule has 1 N–H and O–H groups in total. The van der Waals surface area contributed by atoms with E-state index in [-0.39, 0.29) is 18.0 Å². The van der Waals surface area contributed by atoms with Crippen molar-refractivity contribution in [3.05, 3.63) is 60.2 Å². The first-order valence-corrected chi connectivity index (χ1v) is 11.3. The van der Waals surface area contributed by atoms with Crippen molar-refractivity contribution in [2.24, 2.45) is 4.99 Å². The third-order valence-corrected chi connectivity index (χ3v) is 6.80. The van der Waals surface area contributed by atoms with Gasteiger partial charge in [0.2, 0.25) is 0 Å². The molecule has 2 aliphatic heterocycles. The van der Waals surface area contributed by atoms with Gasteiger partial charge in [-0.15, -0.1) is 0 Å². The van der Waals surface area contributed by atoms with Gasteiger partial charge in [-0.25, -0.2) is 4.79 Å². The summed E-state index contributed by atoms with van der Waals surface area (Å²) in [5.41, 5.74) is 0.702. The number of ether oxygens (including phenoxy) is 1. The van der Waals surface area contributed by atoms with E-state index in [4.69, 9.17) is 9.73 Å². The normalized spacial score (nSPS) is 24.5. The molecule has 2 aromatic rings.